The fourth-order valence-corrected chi connectivity index (χ4v) is 3.88. The minimum Gasteiger partial charge on any atom is -0.299 e. The second kappa shape index (κ2) is 10.4. The van der Waals surface area contributed by atoms with Gasteiger partial charge in [0.15, 0.2) is 0 Å². The first kappa shape index (κ1) is 19.8. The summed E-state index contributed by atoms with van der Waals surface area (Å²) in [6, 6.07) is 0. The van der Waals surface area contributed by atoms with Crippen molar-refractivity contribution < 1.29 is 0 Å². The second-order valence-corrected chi connectivity index (χ2v) is 7.59. The largest absolute Gasteiger partial charge is 0.299 e. The number of likely N-dealkylation sites (tertiary alicyclic amines) is 2. The van der Waals surface area contributed by atoms with Crippen molar-refractivity contribution in [3.8, 4) is 0 Å². The Morgan fingerprint density at radius 1 is 1.11 bits per heavy atom. The lowest BCUT2D eigenvalue weighted by Gasteiger charge is -2.32. The number of nitrogens with zero attached hydrogens (tertiary/aromatic N) is 6. The normalized spacial score (nSPS) is 21.0. The van der Waals surface area contributed by atoms with E-state index in [1.165, 1.54) is 43.6 Å². The van der Waals surface area contributed by atoms with E-state index in [1.54, 1.807) is 6.20 Å². The van der Waals surface area contributed by atoms with Gasteiger partial charge in [0, 0.05) is 42.3 Å². The van der Waals surface area contributed by atoms with Crippen LogP contribution in [0.3, 0.4) is 0 Å². The van der Waals surface area contributed by atoms with Gasteiger partial charge in [-0.2, -0.15) is 0 Å². The summed E-state index contributed by atoms with van der Waals surface area (Å²) in [5.74, 6) is 1.34. The number of hydrogen-bond acceptors (Lipinski definition) is 6. The zero-order valence-corrected chi connectivity index (χ0v) is 16.6. The molecule has 3 heterocycles. The van der Waals surface area contributed by atoms with Gasteiger partial charge in [-0.3, -0.25) is 19.8 Å². The first-order valence-corrected chi connectivity index (χ1v) is 10.1. The molecule has 0 radical (unpaired) electrons. The lowest BCUT2D eigenvalue weighted by molar-refractivity contribution is 0.200. The number of rotatable bonds is 7. The van der Waals surface area contributed by atoms with E-state index >= 15 is 0 Å². The van der Waals surface area contributed by atoms with Crippen molar-refractivity contribution in [3.05, 3.63) is 36.1 Å². The van der Waals surface area contributed by atoms with Crippen molar-refractivity contribution in [1.29, 1.82) is 0 Å². The summed E-state index contributed by atoms with van der Waals surface area (Å²) in [6.45, 7) is 11.8. The summed E-state index contributed by atoms with van der Waals surface area (Å²) in [5.41, 5.74) is 2.38. The van der Waals surface area contributed by atoms with Crippen molar-refractivity contribution in [2.24, 2.45) is 15.9 Å². The number of aliphatic imine (C=N–C) groups is 2. The monoisotopic (exact) mass is 368 g/mol. The van der Waals surface area contributed by atoms with Crippen LogP contribution in [0.15, 0.2) is 34.7 Å². The van der Waals surface area contributed by atoms with Crippen LogP contribution in [-0.4, -0.2) is 65.0 Å². The van der Waals surface area contributed by atoms with E-state index in [9.17, 15) is 0 Å². The number of hydrogen-bond donors (Lipinski definition) is 0. The molecule has 0 unspecified atom stereocenters. The summed E-state index contributed by atoms with van der Waals surface area (Å²) in [5, 5.41) is 0. The minimum atomic E-state index is 0.512. The molecule has 0 spiro atoms. The van der Waals surface area contributed by atoms with E-state index in [-0.39, 0.29) is 0 Å². The molecule has 0 atom stereocenters. The third-order valence-corrected chi connectivity index (χ3v) is 5.50. The first-order valence-electron chi connectivity index (χ1n) is 10.1. The Hall–Kier alpha value is -1.92. The van der Waals surface area contributed by atoms with Crippen LogP contribution in [0.25, 0.3) is 0 Å². The van der Waals surface area contributed by atoms with Crippen LogP contribution in [-0.2, 0) is 6.54 Å². The van der Waals surface area contributed by atoms with Gasteiger partial charge in [0.25, 0.3) is 0 Å². The summed E-state index contributed by atoms with van der Waals surface area (Å²) >= 11 is 0. The molecule has 0 bridgehead atoms. The van der Waals surface area contributed by atoms with Crippen LogP contribution < -0.4 is 0 Å². The highest BCUT2D eigenvalue weighted by atomic mass is 15.2. The predicted octanol–water partition coefficient (Wildman–Crippen LogP) is 3.10. The van der Waals surface area contributed by atoms with Crippen LogP contribution >= 0.6 is 0 Å². The molecule has 2 aliphatic rings. The number of aryl methyl sites for hydroxylation is 1. The van der Waals surface area contributed by atoms with Crippen LogP contribution in [0.4, 0.5) is 0 Å². The maximum absolute atomic E-state index is 4.96. The highest BCUT2D eigenvalue weighted by molar-refractivity contribution is 5.97. The van der Waals surface area contributed by atoms with Gasteiger partial charge in [-0.05, 0) is 71.6 Å². The Balaban J connectivity index is 1.54. The fourth-order valence-electron chi connectivity index (χ4n) is 3.88. The van der Waals surface area contributed by atoms with Crippen LogP contribution in [0.1, 0.15) is 43.5 Å². The molecular weight excluding hydrogens is 336 g/mol. The summed E-state index contributed by atoms with van der Waals surface area (Å²) in [4.78, 5) is 22.4. The van der Waals surface area contributed by atoms with E-state index < -0.39 is 0 Å². The molecule has 6 nitrogen and oxygen atoms in total. The third-order valence-electron chi connectivity index (χ3n) is 5.50. The molecule has 0 N–H and O–H groups in total. The van der Waals surface area contributed by atoms with E-state index in [2.05, 4.69) is 37.6 Å². The van der Waals surface area contributed by atoms with E-state index in [0.29, 0.717) is 5.92 Å². The molecule has 2 saturated heterocycles. The molecule has 2 fully saturated rings. The van der Waals surface area contributed by atoms with Crippen molar-refractivity contribution in [2.75, 3.05) is 32.8 Å². The lowest BCUT2D eigenvalue weighted by atomic mass is 9.91. The van der Waals surface area contributed by atoms with E-state index in [1.807, 2.05) is 19.3 Å². The molecule has 6 heteroatoms. The zero-order valence-electron chi connectivity index (χ0n) is 16.6. The van der Waals surface area contributed by atoms with Gasteiger partial charge in [-0.25, -0.2) is 9.97 Å². The molecule has 0 saturated carbocycles. The van der Waals surface area contributed by atoms with Gasteiger partial charge >= 0.3 is 0 Å². The Labute approximate surface area is 163 Å². The van der Waals surface area contributed by atoms with E-state index in [0.717, 1.165) is 45.0 Å². The molecule has 1 aromatic rings. The standard InChI is InChI=1S/C21H32N6/c1-18-23-14-19(15-24-18)16-26-12-7-20(8-13-26)21(6-9-22-2)25-17-27-10-4-3-5-11-27/h6,9,14-15,20H,2-5,7-8,10-13,16-17H2,1H3/b9-6-,25-21?. The van der Waals surface area contributed by atoms with E-state index in [4.69, 9.17) is 4.99 Å². The zero-order chi connectivity index (χ0) is 18.9. The van der Waals surface area contributed by atoms with Crippen LogP contribution in [0.5, 0.6) is 0 Å². The average Bonchev–Trinajstić information content (AvgIpc) is 2.71. The molecule has 3 rings (SSSR count). The van der Waals surface area contributed by atoms with Gasteiger partial charge in [0.2, 0.25) is 0 Å². The quantitative estimate of drug-likeness (QED) is 0.694. The Kier molecular flexibility index (Phi) is 7.66. The summed E-state index contributed by atoms with van der Waals surface area (Å²) < 4.78 is 0. The maximum Gasteiger partial charge on any atom is 0.125 e. The van der Waals surface area contributed by atoms with Gasteiger partial charge in [0.05, 0.1) is 6.67 Å². The fraction of sp³-hybridized carbons (Fsp3) is 0.619. The average molecular weight is 369 g/mol. The highest BCUT2D eigenvalue weighted by Gasteiger charge is 2.22. The number of allylic oxidation sites excluding steroid dienone is 1. The Morgan fingerprint density at radius 2 is 1.81 bits per heavy atom. The Bertz CT molecular complexity index is 637. The van der Waals surface area contributed by atoms with Gasteiger partial charge < -0.3 is 0 Å². The maximum atomic E-state index is 4.96. The van der Waals surface area contributed by atoms with Crippen molar-refractivity contribution in [1.82, 2.24) is 19.8 Å². The third kappa shape index (κ3) is 6.33. The summed E-state index contributed by atoms with van der Waals surface area (Å²) in [7, 11) is 0. The van der Waals surface area contributed by atoms with Crippen molar-refractivity contribution in [3.63, 3.8) is 0 Å². The first-order chi connectivity index (χ1) is 13.2. The van der Waals surface area contributed by atoms with Crippen LogP contribution in [0, 0.1) is 12.8 Å². The molecule has 1 aromatic heterocycles. The second-order valence-electron chi connectivity index (χ2n) is 7.59. The minimum absolute atomic E-state index is 0.512. The molecule has 2 aliphatic heterocycles. The highest BCUT2D eigenvalue weighted by Crippen LogP contribution is 2.21. The number of aromatic nitrogens is 2. The smallest absolute Gasteiger partial charge is 0.125 e. The predicted molar refractivity (Wildman–Crippen MR) is 111 cm³/mol. The molecule has 0 amide bonds. The molecule has 146 valence electrons. The van der Waals surface area contributed by atoms with Crippen LogP contribution in [0.2, 0.25) is 0 Å². The van der Waals surface area contributed by atoms with Crippen molar-refractivity contribution >= 4 is 12.4 Å². The van der Waals surface area contributed by atoms with Gasteiger partial charge in [-0.15, -0.1) is 0 Å². The lowest BCUT2D eigenvalue weighted by Crippen LogP contribution is -2.36. The summed E-state index contributed by atoms with van der Waals surface area (Å²) in [6.07, 6.45) is 14.0. The van der Waals surface area contributed by atoms with Crippen molar-refractivity contribution in [2.45, 2.75) is 45.6 Å². The van der Waals surface area contributed by atoms with Gasteiger partial charge in [-0.1, -0.05) is 6.42 Å². The molecular formula is C21H32N6. The Morgan fingerprint density at radius 3 is 2.48 bits per heavy atom. The topological polar surface area (TPSA) is 57.0 Å². The molecule has 0 aromatic carbocycles. The molecule has 0 aliphatic carbocycles. The molecule has 27 heavy (non-hydrogen) atoms. The SMILES string of the molecule is C=N/C=C\C(=NCN1CCCCC1)C1CCN(Cc2cnc(C)nc2)CC1. The number of piperidine rings is 2. The van der Waals surface area contributed by atoms with Gasteiger partial charge in [0.1, 0.15) is 5.82 Å².